The van der Waals surface area contributed by atoms with Gasteiger partial charge in [0.2, 0.25) is 0 Å². The van der Waals surface area contributed by atoms with E-state index in [1.54, 1.807) is 0 Å². The van der Waals surface area contributed by atoms with Crippen molar-refractivity contribution in [3.63, 3.8) is 0 Å². The second kappa shape index (κ2) is 5.92. The summed E-state index contributed by atoms with van der Waals surface area (Å²) in [6.45, 7) is 4.97. The van der Waals surface area contributed by atoms with Gasteiger partial charge in [-0.15, -0.1) is 5.10 Å². The first kappa shape index (κ1) is 14.6. The molecule has 4 rings (SSSR count). The minimum absolute atomic E-state index is 0.448. The maximum absolute atomic E-state index is 5.80. The Balaban J connectivity index is 1.58. The van der Waals surface area contributed by atoms with Gasteiger partial charge in [0.1, 0.15) is 11.5 Å². The summed E-state index contributed by atoms with van der Waals surface area (Å²) in [5, 5.41) is 8.55. The molecule has 1 saturated carbocycles. The van der Waals surface area contributed by atoms with E-state index in [2.05, 4.69) is 39.3 Å². The maximum Gasteiger partial charge on any atom is 0.128 e. The number of nitrogens with zero attached hydrogens (tertiary/aromatic N) is 5. The van der Waals surface area contributed by atoms with E-state index in [-0.39, 0.29) is 0 Å². The van der Waals surface area contributed by atoms with Gasteiger partial charge in [-0.2, -0.15) is 0 Å². The van der Waals surface area contributed by atoms with Gasteiger partial charge < -0.3 is 10.6 Å². The molecule has 2 fully saturated rings. The highest BCUT2D eigenvalue weighted by molar-refractivity contribution is 5.44. The molecule has 0 spiro atoms. The van der Waals surface area contributed by atoms with Crippen LogP contribution >= 0.6 is 0 Å². The van der Waals surface area contributed by atoms with E-state index in [9.17, 15) is 0 Å². The van der Waals surface area contributed by atoms with E-state index >= 15 is 0 Å². The van der Waals surface area contributed by atoms with Crippen LogP contribution in [0.3, 0.4) is 0 Å². The normalized spacial score (nSPS) is 19.3. The van der Waals surface area contributed by atoms with E-state index in [1.807, 2.05) is 10.9 Å². The van der Waals surface area contributed by atoms with Gasteiger partial charge in [0.25, 0.3) is 0 Å². The zero-order valence-corrected chi connectivity index (χ0v) is 13.6. The molecule has 122 valence electrons. The lowest BCUT2D eigenvalue weighted by molar-refractivity contribution is 0.436. The third-order valence-electron chi connectivity index (χ3n) is 5.02. The molecule has 2 N–H and O–H groups in total. The van der Waals surface area contributed by atoms with Crippen LogP contribution < -0.4 is 10.6 Å². The number of piperidine rings is 1. The molecule has 2 aromatic heterocycles. The van der Waals surface area contributed by atoms with Crippen molar-refractivity contribution in [1.29, 1.82) is 0 Å². The number of hydrogen-bond acceptors (Lipinski definition) is 5. The molecule has 2 aliphatic rings. The standard InChI is InChI=1S/C17H24N6/c1-12-6-8-22(9-7-12)16-5-4-14(11-19-16)23-17(13-2-3-13)15(10-18)20-21-23/h4-5,11-13H,2-3,6-10,18H2,1H3. The maximum atomic E-state index is 5.80. The summed E-state index contributed by atoms with van der Waals surface area (Å²) < 4.78 is 1.93. The smallest absolute Gasteiger partial charge is 0.128 e. The van der Waals surface area contributed by atoms with Gasteiger partial charge in [0.15, 0.2) is 0 Å². The van der Waals surface area contributed by atoms with Gasteiger partial charge in [-0.05, 0) is 43.7 Å². The summed E-state index contributed by atoms with van der Waals surface area (Å²) in [5.74, 6) is 2.45. The first-order valence-electron chi connectivity index (χ1n) is 8.62. The highest BCUT2D eigenvalue weighted by atomic mass is 15.4. The van der Waals surface area contributed by atoms with Gasteiger partial charge in [0, 0.05) is 25.6 Å². The van der Waals surface area contributed by atoms with Gasteiger partial charge >= 0.3 is 0 Å². The molecule has 3 heterocycles. The van der Waals surface area contributed by atoms with Crippen LogP contribution in [0.1, 0.15) is 49.9 Å². The molecule has 0 aromatic carbocycles. The van der Waals surface area contributed by atoms with Crippen molar-refractivity contribution in [2.75, 3.05) is 18.0 Å². The Morgan fingerprint density at radius 2 is 1.96 bits per heavy atom. The Labute approximate surface area is 136 Å². The molecule has 1 aliphatic carbocycles. The van der Waals surface area contributed by atoms with Gasteiger partial charge in [-0.3, -0.25) is 0 Å². The lowest BCUT2D eigenvalue weighted by Crippen LogP contribution is -2.33. The Morgan fingerprint density at radius 3 is 2.57 bits per heavy atom. The summed E-state index contributed by atoms with van der Waals surface area (Å²) in [5.41, 5.74) is 8.88. The number of rotatable bonds is 4. The molecule has 1 aliphatic heterocycles. The number of anilines is 1. The fraction of sp³-hybridized carbons (Fsp3) is 0.588. The van der Waals surface area contributed by atoms with E-state index in [0.29, 0.717) is 12.5 Å². The van der Waals surface area contributed by atoms with E-state index in [4.69, 9.17) is 5.73 Å². The Kier molecular flexibility index (Phi) is 3.77. The van der Waals surface area contributed by atoms with Crippen LogP contribution in [-0.4, -0.2) is 33.1 Å². The third-order valence-corrected chi connectivity index (χ3v) is 5.02. The first-order chi connectivity index (χ1) is 11.3. The SMILES string of the molecule is CC1CCN(c2ccc(-n3nnc(CN)c3C3CC3)cn2)CC1. The molecule has 1 saturated heterocycles. The summed E-state index contributed by atoms with van der Waals surface area (Å²) in [7, 11) is 0. The fourth-order valence-corrected chi connectivity index (χ4v) is 3.35. The van der Waals surface area contributed by atoms with Crippen molar-refractivity contribution in [2.45, 2.75) is 45.1 Å². The second-order valence-electron chi connectivity index (χ2n) is 6.86. The van der Waals surface area contributed by atoms with Crippen molar-refractivity contribution >= 4 is 5.82 Å². The topological polar surface area (TPSA) is 72.9 Å². The summed E-state index contributed by atoms with van der Waals surface area (Å²) in [6.07, 6.45) is 6.82. The number of aromatic nitrogens is 4. The number of pyridine rings is 1. The second-order valence-corrected chi connectivity index (χ2v) is 6.86. The van der Waals surface area contributed by atoms with Crippen molar-refractivity contribution < 1.29 is 0 Å². The van der Waals surface area contributed by atoms with Crippen molar-refractivity contribution in [3.8, 4) is 5.69 Å². The Bertz CT molecular complexity index is 665. The molecule has 0 radical (unpaired) electrons. The molecular formula is C17H24N6. The van der Waals surface area contributed by atoms with Crippen LogP contribution in [0.15, 0.2) is 18.3 Å². The highest BCUT2D eigenvalue weighted by Gasteiger charge is 2.31. The Hall–Kier alpha value is -1.95. The zero-order chi connectivity index (χ0) is 15.8. The van der Waals surface area contributed by atoms with Crippen LogP contribution in [-0.2, 0) is 6.54 Å². The molecule has 23 heavy (non-hydrogen) atoms. The zero-order valence-electron chi connectivity index (χ0n) is 13.6. The van der Waals surface area contributed by atoms with Crippen LogP contribution in [0.2, 0.25) is 0 Å². The van der Waals surface area contributed by atoms with Crippen molar-refractivity contribution in [3.05, 3.63) is 29.7 Å². The van der Waals surface area contributed by atoms with Crippen LogP contribution in [0.5, 0.6) is 0 Å². The summed E-state index contributed by atoms with van der Waals surface area (Å²) in [6, 6.07) is 4.20. The lowest BCUT2D eigenvalue weighted by Gasteiger charge is -2.31. The van der Waals surface area contributed by atoms with Crippen molar-refractivity contribution in [1.82, 2.24) is 20.0 Å². The predicted octanol–water partition coefficient (Wildman–Crippen LogP) is 2.23. The Morgan fingerprint density at radius 1 is 1.17 bits per heavy atom. The number of hydrogen-bond donors (Lipinski definition) is 1. The molecule has 0 atom stereocenters. The quantitative estimate of drug-likeness (QED) is 0.937. The largest absolute Gasteiger partial charge is 0.357 e. The molecule has 6 heteroatoms. The average molecular weight is 312 g/mol. The van der Waals surface area contributed by atoms with Gasteiger partial charge in [-0.25, -0.2) is 9.67 Å². The minimum Gasteiger partial charge on any atom is -0.357 e. The predicted molar refractivity (Wildman–Crippen MR) is 89.6 cm³/mol. The summed E-state index contributed by atoms with van der Waals surface area (Å²) in [4.78, 5) is 7.04. The van der Waals surface area contributed by atoms with Gasteiger partial charge in [-0.1, -0.05) is 12.1 Å². The lowest BCUT2D eigenvalue weighted by atomic mass is 9.99. The van der Waals surface area contributed by atoms with Gasteiger partial charge in [0.05, 0.1) is 17.6 Å². The minimum atomic E-state index is 0.448. The van der Waals surface area contributed by atoms with E-state index in [1.165, 1.54) is 31.4 Å². The van der Waals surface area contributed by atoms with Crippen LogP contribution in [0, 0.1) is 5.92 Å². The first-order valence-corrected chi connectivity index (χ1v) is 8.62. The molecule has 6 nitrogen and oxygen atoms in total. The highest BCUT2D eigenvalue weighted by Crippen LogP contribution is 2.41. The van der Waals surface area contributed by atoms with E-state index < -0.39 is 0 Å². The molecule has 0 amide bonds. The molecule has 0 unspecified atom stereocenters. The fourth-order valence-electron chi connectivity index (χ4n) is 3.35. The molecule has 0 bridgehead atoms. The molecular weight excluding hydrogens is 288 g/mol. The number of nitrogens with two attached hydrogens (primary N) is 1. The van der Waals surface area contributed by atoms with Crippen molar-refractivity contribution in [2.24, 2.45) is 11.7 Å². The van der Waals surface area contributed by atoms with E-state index in [0.717, 1.165) is 36.2 Å². The third kappa shape index (κ3) is 2.83. The van der Waals surface area contributed by atoms with Crippen LogP contribution in [0.4, 0.5) is 5.82 Å². The molecule has 2 aromatic rings. The summed E-state index contributed by atoms with van der Waals surface area (Å²) >= 11 is 0. The average Bonchev–Trinajstić information content (AvgIpc) is 3.34. The van der Waals surface area contributed by atoms with Crippen LogP contribution in [0.25, 0.3) is 5.69 Å². The monoisotopic (exact) mass is 312 g/mol.